The van der Waals surface area contributed by atoms with Crippen molar-refractivity contribution in [2.45, 2.75) is 24.8 Å². The van der Waals surface area contributed by atoms with Crippen molar-refractivity contribution in [1.29, 1.82) is 0 Å². The predicted molar refractivity (Wildman–Crippen MR) is 112 cm³/mol. The number of para-hydroxylation sites is 1. The van der Waals surface area contributed by atoms with Gasteiger partial charge in [0.25, 0.3) is 0 Å². The molecule has 0 unspecified atom stereocenters. The number of rotatable bonds is 10. The van der Waals surface area contributed by atoms with Gasteiger partial charge in [-0.15, -0.1) is 0 Å². The lowest BCUT2D eigenvalue weighted by Crippen LogP contribution is -2.38. The van der Waals surface area contributed by atoms with Crippen LogP contribution in [0.3, 0.4) is 0 Å². The first-order valence-electron chi connectivity index (χ1n) is 9.27. The van der Waals surface area contributed by atoms with E-state index in [1.807, 2.05) is 43.3 Å². The highest BCUT2D eigenvalue weighted by molar-refractivity contribution is 7.89. The molecule has 2 aromatic carbocycles. The molecular formula is C20H28N4O3S. The predicted octanol–water partition coefficient (Wildman–Crippen LogP) is 2.12. The van der Waals surface area contributed by atoms with E-state index in [-0.39, 0.29) is 4.90 Å². The molecule has 0 aliphatic heterocycles. The summed E-state index contributed by atoms with van der Waals surface area (Å²) < 4.78 is 31.8. The lowest BCUT2D eigenvalue weighted by molar-refractivity contribution is 0.311. The Morgan fingerprint density at radius 3 is 2.57 bits per heavy atom. The third-order valence-corrected chi connectivity index (χ3v) is 5.28. The van der Waals surface area contributed by atoms with Gasteiger partial charge < -0.3 is 15.4 Å². The van der Waals surface area contributed by atoms with Crippen LogP contribution in [0.5, 0.6) is 5.75 Å². The average Bonchev–Trinajstić information content (AvgIpc) is 2.72. The topological polar surface area (TPSA) is 91.8 Å². The molecule has 2 aromatic rings. The van der Waals surface area contributed by atoms with Crippen molar-refractivity contribution in [3.05, 3.63) is 60.2 Å². The maximum Gasteiger partial charge on any atom is 0.240 e. The average molecular weight is 405 g/mol. The fourth-order valence-electron chi connectivity index (χ4n) is 2.43. The van der Waals surface area contributed by atoms with Crippen molar-refractivity contribution in [3.8, 4) is 5.75 Å². The third kappa shape index (κ3) is 7.21. The molecule has 0 radical (unpaired) electrons. The van der Waals surface area contributed by atoms with Crippen molar-refractivity contribution in [1.82, 2.24) is 15.4 Å². The molecule has 0 saturated heterocycles. The van der Waals surface area contributed by atoms with Gasteiger partial charge in [-0.25, -0.2) is 18.1 Å². The fraction of sp³-hybridized carbons (Fsp3) is 0.350. The second kappa shape index (κ2) is 11.3. The third-order valence-electron chi connectivity index (χ3n) is 3.87. The first-order valence-corrected chi connectivity index (χ1v) is 10.8. The van der Waals surface area contributed by atoms with Crippen LogP contribution in [-0.4, -0.2) is 41.1 Å². The van der Waals surface area contributed by atoms with Gasteiger partial charge in [0, 0.05) is 13.1 Å². The molecule has 0 aliphatic carbocycles. The fourth-order valence-corrected chi connectivity index (χ4v) is 3.23. The van der Waals surface area contributed by atoms with Crippen LogP contribution in [0.25, 0.3) is 0 Å². The Kier molecular flexibility index (Phi) is 8.77. The van der Waals surface area contributed by atoms with Gasteiger partial charge in [0.2, 0.25) is 10.0 Å². The van der Waals surface area contributed by atoms with Gasteiger partial charge in [-0.05, 0) is 50.2 Å². The van der Waals surface area contributed by atoms with Gasteiger partial charge in [-0.2, -0.15) is 0 Å². The van der Waals surface area contributed by atoms with Gasteiger partial charge in [0.05, 0.1) is 18.0 Å². The van der Waals surface area contributed by atoms with Crippen LogP contribution < -0.4 is 20.1 Å². The number of aliphatic imine (C=N–C) groups is 1. The Bertz CT molecular complexity index is 855. The van der Waals surface area contributed by atoms with Crippen LogP contribution in [0.4, 0.5) is 0 Å². The van der Waals surface area contributed by atoms with E-state index in [0.29, 0.717) is 25.7 Å². The molecule has 0 aromatic heterocycles. The van der Waals surface area contributed by atoms with E-state index >= 15 is 0 Å². The van der Waals surface area contributed by atoms with E-state index < -0.39 is 10.0 Å². The molecule has 0 spiro atoms. The minimum Gasteiger partial charge on any atom is -0.494 e. The Labute approximate surface area is 167 Å². The van der Waals surface area contributed by atoms with Crippen LogP contribution >= 0.6 is 0 Å². The second-order valence-corrected chi connectivity index (χ2v) is 7.88. The summed E-state index contributed by atoms with van der Waals surface area (Å²) in [6, 6.07) is 16.5. The van der Waals surface area contributed by atoms with Gasteiger partial charge in [-0.3, -0.25) is 0 Å². The zero-order chi connectivity index (χ0) is 20.2. The van der Waals surface area contributed by atoms with E-state index in [0.717, 1.165) is 24.3 Å². The summed E-state index contributed by atoms with van der Waals surface area (Å²) in [5.41, 5.74) is 0.820. The van der Waals surface area contributed by atoms with E-state index in [4.69, 9.17) is 4.74 Å². The van der Waals surface area contributed by atoms with Crippen molar-refractivity contribution < 1.29 is 13.2 Å². The maximum atomic E-state index is 11.9. The van der Waals surface area contributed by atoms with Crippen molar-refractivity contribution in [2.75, 3.05) is 26.7 Å². The van der Waals surface area contributed by atoms with Crippen molar-refractivity contribution >= 4 is 16.0 Å². The number of guanidine groups is 1. The molecule has 0 aliphatic rings. The summed E-state index contributed by atoms with van der Waals surface area (Å²) in [6.45, 7) is 4.44. The van der Waals surface area contributed by atoms with E-state index in [1.54, 1.807) is 18.2 Å². The number of sulfonamides is 1. The monoisotopic (exact) mass is 404 g/mol. The zero-order valence-electron chi connectivity index (χ0n) is 16.3. The van der Waals surface area contributed by atoms with E-state index in [9.17, 15) is 8.42 Å². The highest BCUT2D eigenvalue weighted by atomic mass is 32.2. The van der Waals surface area contributed by atoms with Gasteiger partial charge >= 0.3 is 0 Å². The smallest absolute Gasteiger partial charge is 0.240 e. The highest BCUT2D eigenvalue weighted by Crippen LogP contribution is 2.12. The normalized spacial score (nSPS) is 11.9. The van der Waals surface area contributed by atoms with E-state index in [1.165, 1.54) is 7.05 Å². The summed E-state index contributed by atoms with van der Waals surface area (Å²) in [5, 5.41) is 6.45. The first-order chi connectivity index (χ1) is 13.5. The summed E-state index contributed by atoms with van der Waals surface area (Å²) in [7, 11) is -2.06. The zero-order valence-corrected chi connectivity index (χ0v) is 17.1. The Morgan fingerprint density at radius 2 is 1.86 bits per heavy atom. The summed E-state index contributed by atoms with van der Waals surface area (Å²) in [4.78, 5) is 4.76. The molecule has 0 bridgehead atoms. The van der Waals surface area contributed by atoms with Crippen LogP contribution in [0.15, 0.2) is 64.5 Å². The molecule has 7 nitrogen and oxygen atoms in total. The SMILES string of the molecule is CCNC(=NCc1cccc(S(=O)(=O)NC)c1)NCCCOc1ccccc1. The lowest BCUT2D eigenvalue weighted by atomic mass is 10.2. The minimum absolute atomic E-state index is 0.235. The maximum absolute atomic E-state index is 11.9. The molecule has 8 heteroatoms. The summed E-state index contributed by atoms with van der Waals surface area (Å²) >= 11 is 0. The van der Waals surface area contributed by atoms with Crippen LogP contribution in [0.2, 0.25) is 0 Å². The first kappa shape index (κ1) is 21.7. The molecular weight excluding hydrogens is 376 g/mol. The van der Waals surface area contributed by atoms with Crippen molar-refractivity contribution in [2.24, 2.45) is 4.99 Å². The van der Waals surface area contributed by atoms with E-state index in [2.05, 4.69) is 20.3 Å². The molecule has 0 amide bonds. The number of ether oxygens (including phenoxy) is 1. The highest BCUT2D eigenvalue weighted by Gasteiger charge is 2.11. The Hall–Kier alpha value is -2.58. The van der Waals surface area contributed by atoms with Crippen molar-refractivity contribution in [3.63, 3.8) is 0 Å². The number of hydrogen-bond acceptors (Lipinski definition) is 4. The quantitative estimate of drug-likeness (QED) is 0.321. The number of nitrogens with one attached hydrogen (secondary N) is 3. The number of nitrogens with zero attached hydrogens (tertiary/aromatic N) is 1. The Morgan fingerprint density at radius 1 is 1.07 bits per heavy atom. The van der Waals surface area contributed by atoms with Crippen LogP contribution in [0, 0.1) is 0 Å². The number of benzene rings is 2. The van der Waals surface area contributed by atoms with Gasteiger partial charge in [0.1, 0.15) is 5.75 Å². The lowest BCUT2D eigenvalue weighted by Gasteiger charge is -2.12. The molecule has 0 heterocycles. The van der Waals surface area contributed by atoms with Gasteiger partial charge in [-0.1, -0.05) is 30.3 Å². The number of hydrogen-bond donors (Lipinski definition) is 3. The minimum atomic E-state index is -3.46. The standard InChI is InChI=1S/C20H28N4O3S/c1-3-22-20(23-13-8-14-27-18-10-5-4-6-11-18)24-16-17-9-7-12-19(15-17)28(25,26)21-2/h4-7,9-12,15,21H,3,8,13-14,16H2,1-2H3,(H2,22,23,24). The molecule has 0 fully saturated rings. The molecule has 0 saturated carbocycles. The molecule has 28 heavy (non-hydrogen) atoms. The largest absolute Gasteiger partial charge is 0.494 e. The molecule has 0 atom stereocenters. The molecule has 152 valence electrons. The molecule has 3 N–H and O–H groups in total. The van der Waals surface area contributed by atoms with Crippen LogP contribution in [0.1, 0.15) is 18.9 Å². The van der Waals surface area contributed by atoms with Crippen LogP contribution in [-0.2, 0) is 16.6 Å². The Balaban J connectivity index is 1.85. The summed E-state index contributed by atoms with van der Waals surface area (Å²) in [6.07, 6.45) is 0.829. The summed E-state index contributed by atoms with van der Waals surface area (Å²) in [5.74, 6) is 1.54. The molecule has 2 rings (SSSR count). The second-order valence-electron chi connectivity index (χ2n) is 5.99. The van der Waals surface area contributed by atoms with Gasteiger partial charge in [0.15, 0.2) is 5.96 Å².